The van der Waals surface area contributed by atoms with Crippen molar-refractivity contribution in [3.63, 3.8) is 0 Å². The summed E-state index contributed by atoms with van der Waals surface area (Å²) in [5.74, 6) is -0.122. The van der Waals surface area contributed by atoms with Crippen LogP contribution in [-0.2, 0) is 16.1 Å². The van der Waals surface area contributed by atoms with Crippen molar-refractivity contribution in [2.24, 2.45) is 0 Å². The van der Waals surface area contributed by atoms with E-state index in [0.29, 0.717) is 18.8 Å². The summed E-state index contributed by atoms with van der Waals surface area (Å²) in [7, 11) is 0. The lowest BCUT2D eigenvalue weighted by molar-refractivity contribution is -0.144. The highest BCUT2D eigenvalue weighted by atomic mass is 79.9. The van der Waals surface area contributed by atoms with Gasteiger partial charge in [0.15, 0.2) is 0 Å². The van der Waals surface area contributed by atoms with Crippen molar-refractivity contribution in [1.82, 2.24) is 14.7 Å². The van der Waals surface area contributed by atoms with Gasteiger partial charge in [-0.2, -0.15) is 5.10 Å². The first-order valence-corrected chi connectivity index (χ1v) is 8.99. The van der Waals surface area contributed by atoms with Crippen LogP contribution in [0.2, 0.25) is 0 Å². The highest BCUT2D eigenvalue weighted by Gasteiger charge is 2.26. The smallest absolute Gasteiger partial charge is 0.267 e. The topological polar surface area (TPSA) is 64.4 Å². The molecule has 1 aromatic carbocycles. The number of hydrogen-bond donors (Lipinski definition) is 0. The second-order valence-electron chi connectivity index (χ2n) is 6.28. The number of morpholine rings is 1. The molecule has 0 aliphatic carbocycles. The molecule has 1 aromatic heterocycles. The van der Waals surface area contributed by atoms with E-state index in [9.17, 15) is 9.59 Å². The van der Waals surface area contributed by atoms with E-state index in [0.717, 1.165) is 10.0 Å². The van der Waals surface area contributed by atoms with Crippen molar-refractivity contribution in [1.29, 1.82) is 0 Å². The summed E-state index contributed by atoms with van der Waals surface area (Å²) in [6, 6.07) is 10.8. The minimum atomic E-state index is -0.290. The molecule has 0 bridgehead atoms. The number of aromatic nitrogens is 2. The van der Waals surface area contributed by atoms with Gasteiger partial charge in [-0.1, -0.05) is 28.1 Å². The maximum absolute atomic E-state index is 12.6. The van der Waals surface area contributed by atoms with Crippen molar-refractivity contribution in [3.8, 4) is 11.3 Å². The van der Waals surface area contributed by atoms with Crippen LogP contribution in [0.4, 0.5) is 0 Å². The van der Waals surface area contributed by atoms with Crippen LogP contribution in [0.15, 0.2) is 45.7 Å². The van der Waals surface area contributed by atoms with Gasteiger partial charge in [0.1, 0.15) is 6.54 Å². The van der Waals surface area contributed by atoms with Crippen molar-refractivity contribution in [3.05, 3.63) is 51.2 Å². The molecule has 1 saturated heterocycles. The molecule has 1 aliphatic rings. The minimum Gasteiger partial charge on any atom is -0.372 e. The first-order valence-electron chi connectivity index (χ1n) is 8.19. The number of benzene rings is 1. The molecule has 1 aliphatic heterocycles. The lowest BCUT2D eigenvalue weighted by Gasteiger charge is -2.35. The Hall–Kier alpha value is -1.99. The molecule has 25 heavy (non-hydrogen) atoms. The number of carbonyl (C=O) groups is 1. The van der Waals surface area contributed by atoms with Gasteiger partial charge in [-0.25, -0.2) is 4.68 Å². The highest BCUT2D eigenvalue weighted by molar-refractivity contribution is 9.10. The van der Waals surface area contributed by atoms with Crippen molar-refractivity contribution >= 4 is 21.8 Å². The standard InChI is InChI=1S/C18H20BrN3O3/c1-12-9-21(10-13(2)25-12)18(24)11-22-17(23)7-6-16(20-22)14-4-3-5-15(19)8-14/h3-8,12-13H,9-11H2,1-2H3. The monoisotopic (exact) mass is 405 g/mol. The SMILES string of the molecule is CC1CN(C(=O)Cn2nc(-c3cccc(Br)c3)ccc2=O)CC(C)O1. The Balaban J connectivity index is 1.81. The second-order valence-corrected chi connectivity index (χ2v) is 7.20. The number of halogens is 1. The Kier molecular flexibility index (Phi) is 5.34. The molecule has 7 heteroatoms. The summed E-state index contributed by atoms with van der Waals surface area (Å²) in [6.45, 7) is 4.87. The Morgan fingerprint density at radius 3 is 2.64 bits per heavy atom. The normalized spacial score (nSPS) is 20.5. The van der Waals surface area contributed by atoms with Crippen LogP contribution in [0.1, 0.15) is 13.8 Å². The Bertz CT molecular complexity index is 826. The van der Waals surface area contributed by atoms with Crippen LogP contribution in [0, 0.1) is 0 Å². The molecule has 1 fully saturated rings. The summed E-state index contributed by atoms with van der Waals surface area (Å²) >= 11 is 3.43. The molecule has 0 radical (unpaired) electrons. The number of ether oxygens (including phenoxy) is 1. The van der Waals surface area contributed by atoms with Gasteiger partial charge in [0.25, 0.3) is 5.56 Å². The first-order chi connectivity index (χ1) is 11.9. The average Bonchev–Trinajstić information content (AvgIpc) is 2.56. The number of nitrogens with zero attached hydrogens (tertiary/aromatic N) is 3. The van der Waals surface area contributed by atoms with Gasteiger partial charge >= 0.3 is 0 Å². The third-order valence-corrected chi connectivity index (χ3v) is 4.54. The lowest BCUT2D eigenvalue weighted by atomic mass is 10.1. The van der Waals surface area contributed by atoms with Crippen LogP contribution in [-0.4, -0.2) is 45.9 Å². The summed E-state index contributed by atoms with van der Waals surface area (Å²) < 4.78 is 7.80. The fourth-order valence-corrected chi connectivity index (χ4v) is 3.37. The molecule has 2 aromatic rings. The number of carbonyl (C=O) groups excluding carboxylic acids is 1. The molecule has 1 amide bonds. The molecule has 2 heterocycles. The molecule has 2 unspecified atom stereocenters. The van der Waals surface area contributed by atoms with Crippen LogP contribution in [0.5, 0.6) is 0 Å². The van der Waals surface area contributed by atoms with Gasteiger partial charge < -0.3 is 9.64 Å². The van der Waals surface area contributed by atoms with E-state index >= 15 is 0 Å². The van der Waals surface area contributed by atoms with Gasteiger partial charge in [0, 0.05) is 29.2 Å². The van der Waals surface area contributed by atoms with E-state index in [1.165, 1.54) is 10.7 Å². The van der Waals surface area contributed by atoms with Crippen molar-refractivity contribution < 1.29 is 9.53 Å². The average molecular weight is 406 g/mol. The molecular formula is C18H20BrN3O3. The van der Waals surface area contributed by atoms with Gasteiger partial charge in [0.05, 0.1) is 17.9 Å². The van der Waals surface area contributed by atoms with E-state index in [-0.39, 0.29) is 30.2 Å². The van der Waals surface area contributed by atoms with E-state index < -0.39 is 0 Å². The second kappa shape index (κ2) is 7.49. The van der Waals surface area contributed by atoms with Gasteiger partial charge in [-0.05, 0) is 32.0 Å². The Morgan fingerprint density at radius 1 is 1.24 bits per heavy atom. The van der Waals surface area contributed by atoms with Crippen LogP contribution >= 0.6 is 15.9 Å². The summed E-state index contributed by atoms with van der Waals surface area (Å²) in [5.41, 5.74) is 1.24. The Morgan fingerprint density at radius 2 is 1.96 bits per heavy atom. The predicted octanol–water partition coefficient (Wildman–Crippen LogP) is 2.31. The van der Waals surface area contributed by atoms with E-state index in [1.54, 1.807) is 11.0 Å². The van der Waals surface area contributed by atoms with Gasteiger partial charge in [0.2, 0.25) is 5.91 Å². The zero-order chi connectivity index (χ0) is 18.0. The fraction of sp³-hybridized carbons (Fsp3) is 0.389. The molecule has 3 rings (SSSR count). The molecule has 6 nitrogen and oxygen atoms in total. The summed E-state index contributed by atoms with van der Waals surface area (Å²) in [6.07, 6.45) is -0.0178. The summed E-state index contributed by atoms with van der Waals surface area (Å²) in [5, 5.41) is 4.36. The maximum atomic E-state index is 12.6. The minimum absolute atomic E-state index is 0.00890. The quantitative estimate of drug-likeness (QED) is 0.785. The predicted molar refractivity (Wildman–Crippen MR) is 98.2 cm³/mol. The number of amides is 1. The zero-order valence-electron chi connectivity index (χ0n) is 14.2. The van der Waals surface area contributed by atoms with Gasteiger partial charge in [-0.3, -0.25) is 9.59 Å². The number of hydrogen-bond acceptors (Lipinski definition) is 4. The van der Waals surface area contributed by atoms with E-state index in [4.69, 9.17) is 4.74 Å². The molecule has 132 valence electrons. The van der Waals surface area contributed by atoms with Crippen molar-refractivity contribution in [2.45, 2.75) is 32.6 Å². The number of rotatable bonds is 3. The van der Waals surface area contributed by atoms with E-state index in [1.807, 2.05) is 38.1 Å². The molecule has 0 saturated carbocycles. The highest BCUT2D eigenvalue weighted by Crippen LogP contribution is 2.20. The van der Waals surface area contributed by atoms with E-state index in [2.05, 4.69) is 21.0 Å². The van der Waals surface area contributed by atoms with Crippen LogP contribution in [0.3, 0.4) is 0 Å². The molecular weight excluding hydrogens is 386 g/mol. The third-order valence-electron chi connectivity index (χ3n) is 4.04. The van der Waals surface area contributed by atoms with Crippen molar-refractivity contribution in [2.75, 3.05) is 13.1 Å². The Labute approximate surface area is 154 Å². The molecule has 2 atom stereocenters. The zero-order valence-corrected chi connectivity index (χ0v) is 15.8. The van der Waals surface area contributed by atoms with Crippen LogP contribution in [0.25, 0.3) is 11.3 Å². The lowest BCUT2D eigenvalue weighted by Crippen LogP contribution is -2.49. The fourth-order valence-electron chi connectivity index (χ4n) is 2.97. The summed E-state index contributed by atoms with van der Waals surface area (Å²) in [4.78, 5) is 26.4. The van der Waals surface area contributed by atoms with Gasteiger partial charge in [-0.15, -0.1) is 0 Å². The third kappa shape index (κ3) is 4.35. The first kappa shape index (κ1) is 17.8. The largest absolute Gasteiger partial charge is 0.372 e. The maximum Gasteiger partial charge on any atom is 0.267 e. The molecule has 0 spiro atoms. The van der Waals surface area contributed by atoms with Crippen LogP contribution < -0.4 is 5.56 Å². The molecule has 0 N–H and O–H groups in total.